The van der Waals surface area contributed by atoms with Gasteiger partial charge in [-0.3, -0.25) is 9.69 Å². The number of aromatic hydroxyl groups is 1. The molecule has 1 atom stereocenters. The average Bonchev–Trinajstić information content (AvgIpc) is 3.33. The Labute approximate surface area is 207 Å². The second-order valence-corrected chi connectivity index (χ2v) is 9.16. The van der Waals surface area contributed by atoms with Gasteiger partial charge in [-0.05, 0) is 56.6 Å². The van der Waals surface area contributed by atoms with E-state index < -0.39 is 18.4 Å². The standard InChI is InChI=1S/C26H28F3N3O4/c1-32(2)11-5-8-17-12-19(16-6-3-4-7-16)22(33)14-20(17)31-25(34)24-15-30-21-13-18(36-26(27,28)29)9-10-23(21)35-24/h9-10,12-14,16,24,30,33H,3-4,6-7,11,15H2,1-2H3,(H,31,34)/t24-/m1/s1. The third kappa shape index (κ3) is 6.34. The fraction of sp³-hybridized carbons (Fsp3) is 0.423. The van der Waals surface area contributed by atoms with Crippen LogP contribution in [-0.4, -0.2) is 55.6 Å². The maximum Gasteiger partial charge on any atom is 0.573 e. The van der Waals surface area contributed by atoms with Crippen LogP contribution in [0.3, 0.4) is 0 Å². The number of carbonyl (C=O) groups excluding carboxylic acids is 1. The molecule has 10 heteroatoms. The van der Waals surface area contributed by atoms with Crippen molar-refractivity contribution in [2.45, 2.75) is 44.1 Å². The van der Waals surface area contributed by atoms with Gasteiger partial charge in [-0.2, -0.15) is 0 Å². The molecule has 2 aliphatic rings. The summed E-state index contributed by atoms with van der Waals surface area (Å²) in [6.07, 6.45) is -1.53. The van der Waals surface area contributed by atoms with Gasteiger partial charge >= 0.3 is 6.36 Å². The number of nitrogens with zero attached hydrogens (tertiary/aromatic N) is 1. The van der Waals surface area contributed by atoms with E-state index in [9.17, 15) is 23.1 Å². The van der Waals surface area contributed by atoms with Crippen LogP contribution in [0.1, 0.15) is 42.7 Å². The topological polar surface area (TPSA) is 83.1 Å². The van der Waals surface area contributed by atoms with Gasteiger partial charge in [-0.1, -0.05) is 24.7 Å². The number of fused-ring (bicyclic) bond motifs is 1. The molecule has 192 valence electrons. The molecule has 1 fully saturated rings. The van der Waals surface area contributed by atoms with E-state index in [0.717, 1.165) is 43.4 Å². The van der Waals surface area contributed by atoms with Crippen molar-refractivity contribution in [3.05, 3.63) is 41.5 Å². The second kappa shape index (κ2) is 10.6. The number of anilines is 2. The molecular formula is C26H28F3N3O4. The van der Waals surface area contributed by atoms with Crippen molar-refractivity contribution in [1.82, 2.24) is 4.90 Å². The molecule has 4 rings (SSSR count). The van der Waals surface area contributed by atoms with Crippen molar-refractivity contribution < 1.29 is 32.5 Å². The van der Waals surface area contributed by atoms with Crippen LogP contribution in [0.25, 0.3) is 0 Å². The fourth-order valence-corrected chi connectivity index (χ4v) is 4.37. The van der Waals surface area contributed by atoms with Crippen LogP contribution in [0, 0.1) is 11.8 Å². The van der Waals surface area contributed by atoms with Crippen molar-refractivity contribution in [2.24, 2.45) is 0 Å². The van der Waals surface area contributed by atoms with Gasteiger partial charge in [0.05, 0.1) is 24.5 Å². The molecule has 1 aliphatic carbocycles. The predicted molar refractivity (Wildman–Crippen MR) is 129 cm³/mol. The number of hydrogen-bond acceptors (Lipinski definition) is 6. The molecule has 0 bridgehead atoms. The minimum Gasteiger partial charge on any atom is -0.508 e. The maximum absolute atomic E-state index is 13.0. The van der Waals surface area contributed by atoms with Crippen LogP contribution in [-0.2, 0) is 4.79 Å². The third-order valence-electron chi connectivity index (χ3n) is 6.06. The second-order valence-electron chi connectivity index (χ2n) is 9.16. The van der Waals surface area contributed by atoms with Crippen LogP contribution in [0.15, 0.2) is 30.3 Å². The number of carbonyl (C=O) groups is 1. The normalized spacial score (nSPS) is 17.4. The van der Waals surface area contributed by atoms with Crippen molar-refractivity contribution in [1.29, 1.82) is 0 Å². The first kappa shape index (κ1) is 25.5. The first-order chi connectivity index (χ1) is 17.1. The van der Waals surface area contributed by atoms with Gasteiger partial charge in [-0.15, -0.1) is 13.2 Å². The highest BCUT2D eigenvalue weighted by Crippen LogP contribution is 2.41. The minimum absolute atomic E-state index is 0.0298. The Hall–Kier alpha value is -3.58. The number of ether oxygens (including phenoxy) is 2. The maximum atomic E-state index is 13.0. The van der Waals surface area contributed by atoms with E-state index >= 15 is 0 Å². The first-order valence-electron chi connectivity index (χ1n) is 11.7. The van der Waals surface area contributed by atoms with E-state index in [1.165, 1.54) is 12.1 Å². The molecule has 0 radical (unpaired) electrons. The fourth-order valence-electron chi connectivity index (χ4n) is 4.37. The van der Waals surface area contributed by atoms with Gasteiger partial charge in [0.15, 0.2) is 6.10 Å². The van der Waals surface area contributed by atoms with Crippen LogP contribution >= 0.6 is 0 Å². The number of rotatable bonds is 5. The van der Waals surface area contributed by atoms with E-state index in [1.807, 2.05) is 25.1 Å². The Bertz CT molecular complexity index is 1180. The molecule has 1 heterocycles. The zero-order valence-corrected chi connectivity index (χ0v) is 20.0. The molecule has 0 spiro atoms. The van der Waals surface area contributed by atoms with Gasteiger partial charge in [0.2, 0.25) is 0 Å². The SMILES string of the molecule is CN(C)CC#Cc1cc(C2CCCC2)c(O)cc1NC(=O)[C@H]1CNc2cc(OC(F)(F)F)ccc2O1. The van der Waals surface area contributed by atoms with E-state index in [2.05, 4.69) is 27.2 Å². The Morgan fingerprint density at radius 2 is 2.00 bits per heavy atom. The monoisotopic (exact) mass is 503 g/mol. The number of phenols is 1. The lowest BCUT2D eigenvalue weighted by atomic mass is 9.94. The van der Waals surface area contributed by atoms with E-state index in [0.29, 0.717) is 17.8 Å². The Morgan fingerprint density at radius 3 is 2.69 bits per heavy atom. The van der Waals surface area contributed by atoms with Crippen LogP contribution in [0.4, 0.5) is 24.5 Å². The van der Waals surface area contributed by atoms with Crippen LogP contribution in [0.2, 0.25) is 0 Å². The highest BCUT2D eigenvalue weighted by Gasteiger charge is 2.32. The summed E-state index contributed by atoms with van der Waals surface area (Å²) in [5.41, 5.74) is 2.09. The van der Waals surface area contributed by atoms with E-state index in [1.54, 1.807) is 0 Å². The molecule has 1 saturated carbocycles. The Kier molecular flexibility index (Phi) is 7.50. The van der Waals surface area contributed by atoms with Gasteiger partial charge in [0.1, 0.15) is 17.2 Å². The molecule has 0 unspecified atom stereocenters. The number of benzene rings is 2. The number of amides is 1. The zero-order chi connectivity index (χ0) is 25.9. The lowest BCUT2D eigenvalue weighted by molar-refractivity contribution is -0.274. The average molecular weight is 504 g/mol. The largest absolute Gasteiger partial charge is 0.573 e. The predicted octanol–water partition coefficient (Wildman–Crippen LogP) is 4.67. The molecule has 2 aromatic rings. The van der Waals surface area contributed by atoms with Crippen LogP contribution in [0.5, 0.6) is 17.2 Å². The number of halogens is 3. The van der Waals surface area contributed by atoms with E-state index in [-0.39, 0.29) is 35.4 Å². The molecule has 7 nitrogen and oxygen atoms in total. The molecule has 0 saturated heterocycles. The van der Waals surface area contributed by atoms with E-state index in [4.69, 9.17) is 4.74 Å². The number of nitrogens with one attached hydrogen (secondary N) is 2. The molecule has 1 amide bonds. The van der Waals surface area contributed by atoms with Gasteiger partial charge in [-0.25, -0.2) is 0 Å². The minimum atomic E-state index is -4.81. The number of phenolic OH excluding ortho intramolecular Hbond substituents is 1. The number of hydrogen-bond donors (Lipinski definition) is 3. The summed E-state index contributed by atoms with van der Waals surface area (Å²) >= 11 is 0. The summed E-state index contributed by atoms with van der Waals surface area (Å²) in [5, 5.41) is 16.4. The lowest BCUT2D eigenvalue weighted by Gasteiger charge is -2.27. The zero-order valence-electron chi connectivity index (χ0n) is 20.0. The van der Waals surface area contributed by atoms with Gasteiger partial charge in [0.25, 0.3) is 5.91 Å². The summed E-state index contributed by atoms with van der Waals surface area (Å²) in [7, 11) is 3.81. The smallest absolute Gasteiger partial charge is 0.508 e. The van der Waals surface area contributed by atoms with Crippen molar-refractivity contribution in [2.75, 3.05) is 37.8 Å². The molecular weight excluding hydrogens is 475 g/mol. The van der Waals surface area contributed by atoms with Crippen molar-refractivity contribution in [3.63, 3.8) is 0 Å². The molecule has 1 aliphatic heterocycles. The first-order valence-corrected chi connectivity index (χ1v) is 11.7. The third-order valence-corrected chi connectivity index (χ3v) is 6.06. The number of alkyl halides is 3. The molecule has 3 N–H and O–H groups in total. The van der Waals surface area contributed by atoms with Crippen LogP contribution < -0.4 is 20.1 Å². The summed E-state index contributed by atoms with van der Waals surface area (Å²) < 4.78 is 47.1. The molecule has 36 heavy (non-hydrogen) atoms. The van der Waals surface area contributed by atoms with Crippen molar-refractivity contribution in [3.8, 4) is 29.1 Å². The summed E-state index contributed by atoms with van der Waals surface area (Å²) in [5.74, 6) is 5.91. The van der Waals surface area contributed by atoms with Gasteiger partial charge in [0, 0.05) is 17.7 Å². The quantitative estimate of drug-likeness (QED) is 0.515. The highest BCUT2D eigenvalue weighted by atomic mass is 19.4. The summed E-state index contributed by atoms with van der Waals surface area (Å²) in [6, 6.07) is 6.96. The van der Waals surface area contributed by atoms with Crippen molar-refractivity contribution >= 4 is 17.3 Å². The molecule has 2 aromatic carbocycles. The lowest BCUT2D eigenvalue weighted by Crippen LogP contribution is -2.41. The molecule has 0 aromatic heterocycles. The Balaban J connectivity index is 1.52. The summed E-state index contributed by atoms with van der Waals surface area (Å²) in [6.45, 7) is 0.557. The Morgan fingerprint density at radius 1 is 1.25 bits per heavy atom. The highest BCUT2D eigenvalue weighted by molar-refractivity contribution is 5.96. The van der Waals surface area contributed by atoms with Gasteiger partial charge < -0.3 is 25.2 Å². The summed E-state index contributed by atoms with van der Waals surface area (Å²) in [4.78, 5) is 15.0.